The van der Waals surface area contributed by atoms with E-state index in [0.29, 0.717) is 22.2 Å². The molecule has 26 heavy (non-hydrogen) atoms. The molecular formula is C19H16N4O3. The zero-order valence-electron chi connectivity index (χ0n) is 13.9. The third-order valence-corrected chi connectivity index (χ3v) is 3.64. The number of hydrogen-bond acceptors (Lipinski definition) is 5. The van der Waals surface area contributed by atoms with Gasteiger partial charge in [-0.05, 0) is 18.2 Å². The summed E-state index contributed by atoms with van der Waals surface area (Å²) in [7, 11) is 0. The highest BCUT2D eigenvalue weighted by molar-refractivity contribution is 5.84. The molecule has 0 saturated carbocycles. The summed E-state index contributed by atoms with van der Waals surface area (Å²) in [6, 6.07) is 10.5. The monoisotopic (exact) mass is 348 g/mol. The minimum absolute atomic E-state index is 0.0642. The fourth-order valence-corrected chi connectivity index (χ4v) is 2.44. The third-order valence-electron chi connectivity index (χ3n) is 3.64. The Morgan fingerprint density at radius 3 is 2.77 bits per heavy atom. The number of nitrogens with one attached hydrogen (secondary N) is 1. The highest BCUT2D eigenvalue weighted by Crippen LogP contribution is 2.13. The molecule has 3 rings (SSSR count). The second-order valence-electron chi connectivity index (χ2n) is 5.41. The fourth-order valence-electron chi connectivity index (χ4n) is 2.44. The van der Waals surface area contributed by atoms with Crippen LogP contribution in [0.3, 0.4) is 0 Å². The van der Waals surface area contributed by atoms with Crippen LogP contribution in [0.5, 0.6) is 5.75 Å². The van der Waals surface area contributed by atoms with E-state index in [0.717, 1.165) is 0 Å². The Labute approximate surface area is 149 Å². The highest BCUT2D eigenvalue weighted by Gasteiger charge is 2.11. The van der Waals surface area contributed by atoms with Crippen LogP contribution in [0.2, 0.25) is 0 Å². The molecule has 0 spiro atoms. The van der Waals surface area contributed by atoms with Gasteiger partial charge in [0.2, 0.25) is 0 Å². The average molecular weight is 348 g/mol. The molecule has 0 aliphatic carbocycles. The van der Waals surface area contributed by atoms with Crippen LogP contribution in [0.25, 0.3) is 10.8 Å². The SMILES string of the molecule is C#CCn1nc(CNC(=O)COc2cccnc2)c2ccccc2c1=O. The van der Waals surface area contributed by atoms with Gasteiger partial charge in [-0.2, -0.15) is 5.10 Å². The smallest absolute Gasteiger partial charge is 0.275 e. The second kappa shape index (κ2) is 7.94. The minimum Gasteiger partial charge on any atom is -0.482 e. The van der Waals surface area contributed by atoms with E-state index in [-0.39, 0.29) is 31.2 Å². The van der Waals surface area contributed by atoms with Crippen molar-refractivity contribution in [3.05, 3.63) is 64.8 Å². The number of carbonyl (C=O) groups is 1. The van der Waals surface area contributed by atoms with Crippen molar-refractivity contribution in [3.63, 3.8) is 0 Å². The Hall–Kier alpha value is -3.66. The summed E-state index contributed by atoms with van der Waals surface area (Å²) >= 11 is 0. The van der Waals surface area contributed by atoms with Crippen molar-refractivity contribution in [1.29, 1.82) is 0 Å². The van der Waals surface area contributed by atoms with Gasteiger partial charge < -0.3 is 10.1 Å². The van der Waals surface area contributed by atoms with Crippen LogP contribution in [0, 0.1) is 12.3 Å². The molecule has 0 fully saturated rings. The van der Waals surface area contributed by atoms with Crippen LogP contribution in [-0.4, -0.2) is 27.3 Å². The first-order valence-electron chi connectivity index (χ1n) is 7.91. The minimum atomic E-state index is -0.311. The molecule has 1 N–H and O–H groups in total. The second-order valence-corrected chi connectivity index (χ2v) is 5.41. The van der Waals surface area contributed by atoms with Gasteiger partial charge in [0.05, 0.1) is 23.8 Å². The number of rotatable bonds is 6. The van der Waals surface area contributed by atoms with E-state index >= 15 is 0 Å². The molecule has 7 nitrogen and oxygen atoms in total. The number of nitrogens with zero attached hydrogens (tertiary/aromatic N) is 3. The molecule has 0 atom stereocenters. The van der Waals surface area contributed by atoms with Crippen molar-refractivity contribution in [2.75, 3.05) is 6.61 Å². The molecule has 0 saturated heterocycles. The maximum Gasteiger partial charge on any atom is 0.275 e. The van der Waals surface area contributed by atoms with Gasteiger partial charge in [-0.1, -0.05) is 24.1 Å². The standard InChI is InChI=1S/C19H16N4O3/c1-2-10-23-19(25)16-8-4-3-7-15(16)17(22-23)12-21-18(24)13-26-14-6-5-9-20-11-14/h1,3-9,11H,10,12-13H2,(H,21,24). The molecule has 2 heterocycles. The molecule has 0 unspecified atom stereocenters. The molecule has 0 aliphatic heterocycles. The molecule has 3 aromatic rings. The van der Waals surface area contributed by atoms with Gasteiger partial charge in [-0.3, -0.25) is 14.6 Å². The molecular weight excluding hydrogens is 332 g/mol. The number of terminal acetylenes is 1. The molecule has 7 heteroatoms. The number of benzene rings is 1. The van der Waals surface area contributed by atoms with Crippen LogP contribution in [0.1, 0.15) is 5.69 Å². The highest BCUT2D eigenvalue weighted by atomic mass is 16.5. The van der Waals surface area contributed by atoms with Crippen LogP contribution in [0.15, 0.2) is 53.6 Å². The quantitative estimate of drug-likeness (QED) is 0.675. The summed E-state index contributed by atoms with van der Waals surface area (Å²) in [4.78, 5) is 28.3. The van der Waals surface area contributed by atoms with Crippen molar-refractivity contribution in [3.8, 4) is 18.1 Å². The molecule has 0 bridgehead atoms. The lowest BCUT2D eigenvalue weighted by atomic mass is 10.1. The van der Waals surface area contributed by atoms with Crippen molar-refractivity contribution >= 4 is 16.7 Å². The number of hydrogen-bond donors (Lipinski definition) is 1. The number of pyridine rings is 1. The number of fused-ring (bicyclic) bond motifs is 1. The van der Waals surface area contributed by atoms with E-state index < -0.39 is 0 Å². The summed E-state index contributed by atoms with van der Waals surface area (Å²) in [6.07, 6.45) is 8.45. The van der Waals surface area contributed by atoms with Crippen LogP contribution >= 0.6 is 0 Å². The van der Waals surface area contributed by atoms with E-state index in [1.54, 1.807) is 36.5 Å². The van der Waals surface area contributed by atoms with Gasteiger partial charge in [-0.25, -0.2) is 4.68 Å². The summed E-state index contributed by atoms with van der Waals surface area (Å²) in [6.45, 7) is 0.0724. The summed E-state index contributed by atoms with van der Waals surface area (Å²) in [5.41, 5.74) is 0.304. The predicted octanol–water partition coefficient (Wildman–Crippen LogP) is 1.12. The number of ether oxygens (including phenoxy) is 1. The Morgan fingerprint density at radius 2 is 2.04 bits per heavy atom. The molecule has 1 aromatic carbocycles. The zero-order valence-corrected chi connectivity index (χ0v) is 13.9. The lowest BCUT2D eigenvalue weighted by Crippen LogP contribution is -2.31. The predicted molar refractivity (Wildman–Crippen MR) is 96.4 cm³/mol. The third kappa shape index (κ3) is 3.87. The summed E-state index contributed by atoms with van der Waals surface area (Å²) < 4.78 is 6.57. The van der Waals surface area contributed by atoms with Crippen LogP contribution in [-0.2, 0) is 17.9 Å². The lowest BCUT2D eigenvalue weighted by molar-refractivity contribution is -0.123. The van der Waals surface area contributed by atoms with Crippen LogP contribution < -0.4 is 15.6 Å². The molecule has 0 aliphatic rings. The van der Waals surface area contributed by atoms with Gasteiger partial charge in [0.25, 0.3) is 11.5 Å². The van der Waals surface area contributed by atoms with E-state index in [9.17, 15) is 9.59 Å². The van der Waals surface area contributed by atoms with E-state index in [4.69, 9.17) is 11.2 Å². The normalized spacial score (nSPS) is 10.3. The van der Waals surface area contributed by atoms with Gasteiger partial charge in [0.15, 0.2) is 6.61 Å². The Kier molecular flexibility index (Phi) is 5.25. The van der Waals surface area contributed by atoms with Gasteiger partial charge in [0.1, 0.15) is 12.3 Å². The Bertz CT molecular complexity index is 1020. The topological polar surface area (TPSA) is 86.1 Å². The number of carbonyl (C=O) groups excluding carboxylic acids is 1. The Morgan fingerprint density at radius 1 is 1.23 bits per heavy atom. The molecule has 130 valence electrons. The van der Waals surface area contributed by atoms with Gasteiger partial charge in [-0.15, -0.1) is 6.42 Å². The lowest BCUT2D eigenvalue weighted by Gasteiger charge is -2.11. The van der Waals surface area contributed by atoms with Gasteiger partial charge in [0, 0.05) is 11.6 Å². The maximum absolute atomic E-state index is 12.4. The fraction of sp³-hybridized carbons (Fsp3) is 0.158. The first-order valence-corrected chi connectivity index (χ1v) is 7.91. The van der Waals surface area contributed by atoms with E-state index in [1.807, 2.05) is 6.07 Å². The zero-order chi connectivity index (χ0) is 18.4. The summed E-state index contributed by atoms with van der Waals surface area (Å²) in [5.74, 6) is 2.60. The van der Waals surface area contributed by atoms with Gasteiger partial charge >= 0.3 is 0 Å². The first-order chi connectivity index (χ1) is 12.7. The molecule has 1 amide bonds. The van der Waals surface area contributed by atoms with E-state index in [1.165, 1.54) is 10.9 Å². The molecule has 2 aromatic heterocycles. The average Bonchev–Trinajstić information content (AvgIpc) is 2.68. The first kappa shape index (κ1) is 17.2. The maximum atomic E-state index is 12.4. The Balaban J connectivity index is 1.74. The summed E-state index contributed by atoms with van der Waals surface area (Å²) in [5, 5.41) is 8.20. The van der Waals surface area contributed by atoms with E-state index in [2.05, 4.69) is 21.3 Å². The van der Waals surface area contributed by atoms with Crippen molar-refractivity contribution in [2.45, 2.75) is 13.1 Å². The number of aromatic nitrogens is 3. The van der Waals surface area contributed by atoms with Crippen molar-refractivity contribution in [2.24, 2.45) is 0 Å². The largest absolute Gasteiger partial charge is 0.482 e. The number of amides is 1. The van der Waals surface area contributed by atoms with Crippen molar-refractivity contribution < 1.29 is 9.53 Å². The van der Waals surface area contributed by atoms with Crippen LogP contribution in [0.4, 0.5) is 0 Å². The molecule has 0 radical (unpaired) electrons. The van der Waals surface area contributed by atoms with Crippen molar-refractivity contribution in [1.82, 2.24) is 20.1 Å².